The van der Waals surface area contributed by atoms with Crippen LogP contribution in [0.25, 0.3) is 0 Å². The second kappa shape index (κ2) is 5.97. The lowest BCUT2D eigenvalue weighted by Gasteiger charge is -2.22. The molecule has 16 heavy (non-hydrogen) atoms. The molecule has 88 valence electrons. The van der Waals surface area contributed by atoms with Gasteiger partial charge in [-0.3, -0.25) is 0 Å². The van der Waals surface area contributed by atoms with Crippen LogP contribution in [0.2, 0.25) is 0 Å². The van der Waals surface area contributed by atoms with E-state index in [-0.39, 0.29) is 5.82 Å². The van der Waals surface area contributed by atoms with Gasteiger partial charge in [-0.2, -0.15) is 0 Å². The zero-order chi connectivity index (χ0) is 11.2. The molecule has 0 amide bonds. The van der Waals surface area contributed by atoms with Crippen molar-refractivity contribution in [2.24, 2.45) is 0 Å². The minimum Gasteiger partial charge on any atom is -0.377 e. The number of halogens is 1. The summed E-state index contributed by atoms with van der Waals surface area (Å²) in [6.07, 6.45) is 3.96. The maximum absolute atomic E-state index is 12.7. The van der Waals surface area contributed by atoms with Crippen LogP contribution in [-0.4, -0.2) is 19.3 Å². The molecule has 0 aromatic heterocycles. The molecule has 0 saturated carbocycles. The van der Waals surface area contributed by atoms with E-state index in [9.17, 15) is 4.39 Å². The molecule has 1 unspecified atom stereocenters. The van der Waals surface area contributed by atoms with Gasteiger partial charge in [0.2, 0.25) is 0 Å². The predicted octanol–water partition coefficient (Wildman–Crippen LogP) is 2.48. The Balaban J connectivity index is 1.69. The number of hydrogen-bond donors (Lipinski definition) is 1. The molecule has 2 nitrogen and oxygen atoms in total. The minimum absolute atomic E-state index is 0.181. The molecule has 1 aliphatic heterocycles. The lowest BCUT2D eigenvalue weighted by atomic mass is 10.1. The quantitative estimate of drug-likeness (QED) is 0.846. The normalized spacial score (nSPS) is 20.9. The van der Waals surface area contributed by atoms with Crippen molar-refractivity contribution in [3.63, 3.8) is 0 Å². The first-order valence-corrected chi connectivity index (χ1v) is 5.91. The van der Waals surface area contributed by atoms with Gasteiger partial charge < -0.3 is 10.1 Å². The predicted molar refractivity (Wildman–Crippen MR) is 61.7 cm³/mol. The van der Waals surface area contributed by atoms with Gasteiger partial charge in [0.15, 0.2) is 0 Å². The van der Waals surface area contributed by atoms with Gasteiger partial charge >= 0.3 is 0 Å². The lowest BCUT2D eigenvalue weighted by Crippen LogP contribution is -2.31. The summed E-state index contributed by atoms with van der Waals surface area (Å²) in [5, 5.41) is 3.34. The average molecular weight is 223 g/mol. The van der Waals surface area contributed by atoms with Crippen LogP contribution in [-0.2, 0) is 11.3 Å². The van der Waals surface area contributed by atoms with Crippen LogP contribution in [0.15, 0.2) is 24.3 Å². The third-order valence-corrected chi connectivity index (χ3v) is 2.89. The Labute approximate surface area is 95.8 Å². The molecule has 0 spiro atoms. The molecule has 1 fully saturated rings. The highest BCUT2D eigenvalue weighted by atomic mass is 19.1. The second-order valence-electron chi connectivity index (χ2n) is 4.25. The van der Waals surface area contributed by atoms with Crippen LogP contribution in [0.3, 0.4) is 0 Å². The van der Waals surface area contributed by atoms with E-state index in [0.717, 1.165) is 31.7 Å². The smallest absolute Gasteiger partial charge is 0.123 e. The number of nitrogens with one attached hydrogen (secondary N) is 1. The average Bonchev–Trinajstić information content (AvgIpc) is 2.33. The monoisotopic (exact) mass is 223 g/mol. The maximum atomic E-state index is 12.7. The number of hydrogen-bond acceptors (Lipinski definition) is 2. The summed E-state index contributed by atoms with van der Waals surface area (Å²) in [5.74, 6) is -0.181. The van der Waals surface area contributed by atoms with Crippen molar-refractivity contribution < 1.29 is 9.13 Å². The van der Waals surface area contributed by atoms with Crippen molar-refractivity contribution in [2.75, 3.05) is 13.2 Å². The van der Waals surface area contributed by atoms with Crippen molar-refractivity contribution in [1.29, 1.82) is 0 Å². The van der Waals surface area contributed by atoms with E-state index in [4.69, 9.17) is 4.74 Å². The van der Waals surface area contributed by atoms with Crippen molar-refractivity contribution in [3.8, 4) is 0 Å². The van der Waals surface area contributed by atoms with E-state index in [1.807, 2.05) is 12.1 Å². The zero-order valence-corrected chi connectivity index (χ0v) is 9.42. The first kappa shape index (κ1) is 11.6. The Morgan fingerprint density at radius 1 is 1.25 bits per heavy atom. The largest absolute Gasteiger partial charge is 0.377 e. The molecule has 2 rings (SSSR count). The van der Waals surface area contributed by atoms with Gasteiger partial charge in [-0.15, -0.1) is 0 Å². The van der Waals surface area contributed by atoms with Gasteiger partial charge in [-0.25, -0.2) is 4.39 Å². The van der Waals surface area contributed by atoms with Crippen molar-refractivity contribution in [2.45, 2.75) is 31.9 Å². The summed E-state index contributed by atoms with van der Waals surface area (Å²) in [6.45, 7) is 2.56. The molecule has 1 aromatic rings. The first-order chi connectivity index (χ1) is 7.84. The van der Waals surface area contributed by atoms with Gasteiger partial charge in [0.05, 0.1) is 6.10 Å². The third-order valence-electron chi connectivity index (χ3n) is 2.89. The van der Waals surface area contributed by atoms with Crippen LogP contribution < -0.4 is 5.32 Å². The van der Waals surface area contributed by atoms with Gasteiger partial charge in [-0.05, 0) is 37.0 Å². The summed E-state index contributed by atoms with van der Waals surface area (Å²) < 4.78 is 18.3. The van der Waals surface area contributed by atoms with Crippen molar-refractivity contribution in [3.05, 3.63) is 35.6 Å². The molecule has 1 N–H and O–H groups in total. The van der Waals surface area contributed by atoms with Gasteiger partial charge in [0.1, 0.15) is 5.82 Å². The SMILES string of the molecule is Fc1ccc(CNCC2CCCCO2)cc1. The summed E-state index contributed by atoms with van der Waals surface area (Å²) in [4.78, 5) is 0. The molecule has 1 atom stereocenters. The molecule has 1 heterocycles. The molecule has 1 aromatic carbocycles. The Kier molecular flexibility index (Phi) is 4.31. The number of rotatable bonds is 4. The Morgan fingerprint density at radius 3 is 2.75 bits per heavy atom. The van der Waals surface area contributed by atoms with Crippen LogP contribution in [0.1, 0.15) is 24.8 Å². The topological polar surface area (TPSA) is 21.3 Å². The highest BCUT2D eigenvalue weighted by Gasteiger charge is 2.12. The third kappa shape index (κ3) is 3.58. The van der Waals surface area contributed by atoms with Gasteiger partial charge in [0, 0.05) is 19.7 Å². The molecule has 1 aliphatic rings. The molecular formula is C13H18FNO. The lowest BCUT2D eigenvalue weighted by molar-refractivity contribution is 0.0168. The zero-order valence-electron chi connectivity index (χ0n) is 9.42. The summed E-state index contributed by atoms with van der Waals surface area (Å²) in [5.41, 5.74) is 1.11. The van der Waals surface area contributed by atoms with Gasteiger partial charge in [0.25, 0.3) is 0 Å². The maximum Gasteiger partial charge on any atom is 0.123 e. The molecule has 0 radical (unpaired) electrons. The first-order valence-electron chi connectivity index (χ1n) is 5.91. The van der Waals surface area contributed by atoms with E-state index >= 15 is 0 Å². The molecule has 3 heteroatoms. The van der Waals surface area contributed by atoms with Crippen LogP contribution >= 0.6 is 0 Å². The fraction of sp³-hybridized carbons (Fsp3) is 0.538. The Bertz CT molecular complexity index is 306. The van der Waals surface area contributed by atoms with E-state index in [1.165, 1.54) is 25.0 Å². The van der Waals surface area contributed by atoms with E-state index in [0.29, 0.717) is 6.10 Å². The highest BCUT2D eigenvalue weighted by molar-refractivity contribution is 5.15. The van der Waals surface area contributed by atoms with E-state index < -0.39 is 0 Å². The second-order valence-corrected chi connectivity index (χ2v) is 4.25. The standard InChI is InChI=1S/C13H18FNO/c14-12-6-4-11(5-7-12)9-15-10-13-3-1-2-8-16-13/h4-7,13,15H,1-3,8-10H2. The van der Waals surface area contributed by atoms with Crippen LogP contribution in [0, 0.1) is 5.82 Å². The molecular weight excluding hydrogens is 205 g/mol. The Morgan fingerprint density at radius 2 is 2.06 bits per heavy atom. The Hall–Kier alpha value is -0.930. The van der Waals surface area contributed by atoms with Gasteiger partial charge in [-0.1, -0.05) is 12.1 Å². The fourth-order valence-electron chi connectivity index (χ4n) is 1.95. The van der Waals surface area contributed by atoms with Crippen LogP contribution in [0.5, 0.6) is 0 Å². The highest BCUT2D eigenvalue weighted by Crippen LogP contribution is 2.11. The van der Waals surface area contributed by atoms with E-state index in [2.05, 4.69) is 5.32 Å². The van der Waals surface area contributed by atoms with Crippen molar-refractivity contribution in [1.82, 2.24) is 5.32 Å². The fourth-order valence-corrected chi connectivity index (χ4v) is 1.95. The van der Waals surface area contributed by atoms with Crippen LogP contribution in [0.4, 0.5) is 4.39 Å². The molecule has 0 aliphatic carbocycles. The summed E-state index contributed by atoms with van der Waals surface area (Å²) in [6, 6.07) is 6.61. The summed E-state index contributed by atoms with van der Waals surface area (Å²) in [7, 11) is 0. The number of benzene rings is 1. The van der Waals surface area contributed by atoms with E-state index in [1.54, 1.807) is 0 Å². The molecule has 1 saturated heterocycles. The molecule has 0 bridgehead atoms. The summed E-state index contributed by atoms with van der Waals surface area (Å²) >= 11 is 0. The number of ether oxygens (including phenoxy) is 1. The van der Waals surface area contributed by atoms with Crippen molar-refractivity contribution >= 4 is 0 Å². The minimum atomic E-state index is -0.181.